The first-order chi connectivity index (χ1) is 5.47. The van der Waals surface area contributed by atoms with Crippen LogP contribution in [0.2, 0.25) is 0 Å². The normalized spacial score (nSPS) is 37.1. The summed E-state index contributed by atoms with van der Waals surface area (Å²) < 4.78 is 5.30. The van der Waals surface area contributed by atoms with Crippen LogP contribution in [0, 0.1) is 0 Å². The Bertz CT molecular complexity index is 239. The molecule has 0 atom stereocenters. The molecule has 0 unspecified atom stereocenters. The number of ether oxygens (including phenoxy) is 1. The van der Waals surface area contributed by atoms with E-state index in [4.69, 9.17) is 4.74 Å². The molecule has 0 N–H and O–H groups in total. The molecule has 1 saturated heterocycles. The van der Waals surface area contributed by atoms with Gasteiger partial charge >= 0.3 is 0 Å². The fraction of sp³-hybridized carbons (Fsp3) is 0.200. The molecule has 56 valence electrons. The van der Waals surface area contributed by atoms with Gasteiger partial charge in [-0.25, -0.2) is 0 Å². The lowest BCUT2D eigenvalue weighted by Crippen LogP contribution is -1.84. The maximum absolute atomic E-state index is 5.30. The summed E-state index contributed by atoms with van der Waals surface area (Å²) in [5, 5.41) is 0. The molecule has 1 aliphatic carbocycles. The van der Waals surface area contributed by atoms with Crippen molar-refractivity contribution in [2.45, 2.75) is 0 Å². The van der Waals surface area contributed by atoms with Gasteiger partial charge in [-0.1, -0.05) is 36.5 Å². The third-order valence-electron chi connectivity index (χ3n) is 1.86. The van der Waals surface area contributed by atoms with Gasteiger partial charge in [0, 0.05) is 0 Å². The molecule has 0 aromatic heterocycles. The summed E-state index contributed by atoms with van der Waals surface area (Å²) >= 11 is 0. The van der Waals surface area contributed by atoms with Gasteiger partial charge in [0.2, 0.25) is 0 Å². The van der Waals surface area contributed by atoms with Crippen molar-refractivity contribution in [3.63, 3.8) is 0 Å². The Kier molecular flexibility index (Phi) is 1.74. The zero-order valence-electron chi connectivity index (χ0n) is 6.29. The van der Waals surface area contributed by atoms with Gasteiger partial charge in [-0.05, 0) is 11.1 Å². The van der Waals surface area contributed by atoms with Gasteiger partial charge in [0.15, 0.2) is 0 Å². The van der Waals surface area contributed by atoms with E-state index in [0.29, 0.717) is 0 Å². The molecule has 1 aliphatic heterocycles. The zero-order valence-corrected chi connectivity index (χ0v) is 6.29. The van der Waals surface area contributed by atoms with E-state index in [1.165, 1.54) is 11.1 Å². The van der Waals surface area contributed by atoms with Crippen LogP contribution in [0.25, 0.3) is 0 Å². The molecular weight excluding hydrogens is 136 g/mol. The molecule has 2 rings (SSSR count). The number of hydrogen-bond donors (Lipinski definition) is 0. The molecule has 1 nitrogen and oxygen atoms in total. The topological polar surface area (TPSA) is 9.23 Å². The van der Waals surface area contributed by atoms with Crippen molar-refractivity contribution in [3.8, 4) is 0 Å². The molecule has 0 spiro atoms. The third-order valence-corrected chi connectivity index (χ3v) is 1.86. The van der Waals surface area contributed by atoms with Gasteiger partial charge in [-0.15, -0.1) is 0 Å². The van der Waals surface area contributed by atoms with E-state index in [9.17, 15) is 0 Å². The van der Waals surface area contributed by atoms with Gasteiger partial charge in [0.05, 0.1) is 13.2 Å². The van der Waals surface area contributed by atoms with E-state index in [0.717, 1.165) is 13.2 Å². The molecule has 0 amide bonds. The first-order valence-electron chi connectivity index (χ1n) is 3.78. The lowest BCUT2D eigenvalue weighted by molar-refractivity contribution is 0.215. The van der Waals surface area contributed by atoms with Crippen molar-refractivity contribution in [3.05, 3.63) is 47.6 Å². The Labute approximate surface area is 66.4 Å². The summed E-state index contributed by atoms with van der Waals surface area (Å²) in [5.41, 5.74) is 2.62. The fourth-order valence-corrected chi connectivity index (χ4v) is 1.24. The van der Waals surface area contributed by atoms with Gasteiger partial charge in [-0.2, -0.15) is 0 Å². The van der Waals surface area contributed by atoms with Crippen LogP contribution in [0.1, 0.15) is 0 Å². The van der Waals surface area contributed by atoms with Crippen molar-refractivity contribution in [2.24, 2.45) is 0 Å². The molecule has 2 aliphatic rings. The summed E-state index contributed by atoms with van der Waals surface area (Å²) in [6.45, 7) is 1.54. The SMILES string of the molecule is C1=C\C=C2\COC\C2=C\C=C/1. The number of rotatable bonds is 0. The van der Waals surface area contributed by atoms with Crippen LogP contribution in [0.15, 0.2) is 47.6 Å². The van der Waals surface area contributed by atoms with E-state index >= 15 is 0 Å². The van der Waals surface area contributed by atoms with Crippen LogP contribution < -0.4 is 0 Å². The Balaban J connectivity index is 2.35. The molecule has 1 heteroatoms. The van der Waals surface area contributed by atoms with Gasteiger partial charge in [0.25, 0.3) is 0 Å². The highest BCUT2D eigenvalue weighted by Crippen LogP contribution is 2.19. The van der Waals surface area contributed by atoms with Gasteiger partial charge in [-0.3, -0.25) is 0 Å². The number of fused-ring (bicyclic) bond motifs is 1. The molecule has 0 bridgehead atoms. The van der Waals surface area contributed by atoms with Crippen molar-refractivity contribution in [2.75, 3.05) is 13.2 Å². The maximum Gasteiger partial charge on any atom is 0.0724 e. The van der Waals surface area contributed by atoms with E-state index in [2.05, 4.69) is 12.2 Å². The highest BCUT2D eigenvalue weighted by molar-refractivity contribution is 5.41. The fourth-order valence-electron chi connectivity index (χ4n) is 1.24. The second-order valence-corrected chi connectivity index (χ2v) is 2.65. The maximum atomic E-state index is 5.30. The Morgan fingerprint density at radius 2 is 1.36 bits per heavy atom. The lowest BCUT2D eigenvalue weighted by Gasteiger charge is -1.95. The number of hydrogen-bond acceptors (Lipinski definition) is 1. The standard InChI is InChI=1S/C10H10O/c1-2-4-6-10-8-11-7-9(10)5-3-1/h1-6H,7-8H2/b2-1?,3-1-,4-2-,5-3?,6-4?,9-5-,10-6-. The largest absolute Gasteiger partial charge is 0.372 e. The van der Waals surface area contributed by atoms with Crippen LogP contribution in [0.4, 0.5) is 0 Å². The van der Waals surface area contributed by atoms with E-state index < -0.39 is 0 Å². The number of allylic oxidation sites excluding steroid dienone is 6. The molecule has 0 saturated carbocycles. The summed E-state index contributed by atoms with van der Waals surface area (Å²) in [6.07, 6.45) is 12.4. The second kappa shape index (κ2) is 2.89. The van der Waals surface area contributed by atoms with E-state index in [1.807, 2.05) is 24.3 Å². The van der Waals surface area contributed by atoms with Crippen molar-refractivity contribution < 1.29 is 4.74 Å². The Hall–Kier alpha value is -1.08. The Morgan fingerprint density at radius 1 is 0.818 bits per heavy atom. The summed E-state index contributed by atoms with van der Waals surface area (Å²) in [7, 11) is 0. The molecular formula is C10H10O. The van der Waals surface area contributed by atoms with Crippen LogP contribution in [0.5, 0.6) is 0 Å². The monoisotopic (exact) mass is 146 g/mol. The Morgan fingerprint density at radius 3 is 1.91 bits per heavy atom. The van der Waals surface area contributed by atoms with Gasteiger partial charge < -0.3 is 4.74 Å². The minimum atomic E-state index is 0.768. The van der Waals surface area contributed by atoms with Crippen molar-refractivity contribution >= 4 is 0 Å². The van der Waals surface area contributed by atoms with E-state index in [1.54, 1.807) is 0 Å². The average molecular weight is 146 g/mol. The predicted octanol–water partition coefficient (Wildman–Crippen LogP) is 2.00. The van der Waals surface area contributed by atoms with Crippen LogP contribution >= 0.6 is 0 Å². The molecule has 1 heterocycles. The van der Waals surface area contributed by atoms with Crippen LogP contribution in [0.3, 0.4) is 0 Å². The molecule has 11 heavy (non-hydrogen) atoms. The minimum absolute atomic E-state index is 0.768. The molecule has 0 aromatic carbocycles. The smallest absolute Gasteiger partial charge is 0.0724 e. The summed E-state index contributed by atoms with van der Waals surface area (Å²) in [6, 6.07) is 0. The zero-order chi connectivity index (χ0) is 7.52. The van der Waals surface area contributed by atoms with E-state index in [-0.39, 0.29) is 0 Å². The lowest BCUT2D eigenvalue weighted by atomic mass is 10.1. The highest BCUT2D eigenvalue weighted by Gasteiger charge is 2.11. The van der Waals surface area contributed by atoms with Crippen molar-refractivity contribution in [1.29, 1.82) is 0 Å². The second-order valence-electron chi connectivity index (χ2n) is 2.65. The van der Waals surface area contributed by atoms with Crippen LogP contribution in [-0.2, 0) is 4.74 Å². The molecule has 0 radical (unpaired) electrons. The predicted molar refractivity (Wildman–Crippen MR) is 45.3 cm³/mol. The van der Waals surface area contributed by atoms with Crippen LogP contribution in [-0.4, -0.2) is 13.2 Å². The summed E-state index contributed by atoms with van der Waals surface area (Å²) in [4.78, 5) is 0. The third kappa shape index (κ3) is 1.33. The van der Waals surface area contributed by atoms with Crippen molar-refractivity contribution in [1.82, 2.24) is 0 Å². The quantitative estimate of drug-likeness (QED) is 0.508. The van der Waals surface area contributed by atoms with Gasteiger partial charge in [0.1, 0.15) is 0 Å². The first kappa shape index (κ1) is 6.62. The summed E-state index contributed by atoms with van der Waals surface area (Å²) in [5.74, 6) is 0. The first-order valence-corrected chi connectivity index (χ1v) is 3.78. The molecule has 1 fully saturated rings. The highest BCUT2D eigenvalue weighted by atomic mass is 16.5. The average Bonchev–Trinajstić information content (AvgIpc) is 2.35. The minimum Gasteiger partial charge on any atom is -0.372 e. The molecule has 0 aromatic rings.